The second-order valence-corrected chi connectivity index (χ2v) is 5.78. The highest BCUT2D eigenvalue weighted by molar-refractivity contribution is 5.85. The summed E-state index contributed by atoms with van der Waals surface area (Å²) in [6, 6.07) is 8.34. The number of benzene rings is 1. The SMILES string of the molecule is CC1CNCCC1NC(=O)C1OCCc2ccccc21.Cl. The number of fused-ring (bicyclic) bond motifs is 1. The van der Waals surface area contributed by atoms with Gasteiger partial charge in [-0.25, -0.2) is 0 Å². The average Bonchev–Trinajstić information content (AvgIpc) is 2.49. The van der Waals surface area contributed by atoms with Crippen LogP contribution in [0.25, 0.3) is 0 Å². The maximum absolute atomic E-state index is 12.5. The second kappa shape index (κ2) is 7.25. The van der Waals surface area contributed by atoms with Gasteiger partial charge in [-0.2, -0.15) is 0 Å². The Morgan fingerprint density at radius 3 is 3.00 bits per heavy atom. The number of carbonyl (C=O) groups excluding carboxylic acids is 1. The number of halogens is 1. The lowest BCUT2D eigenvalue weighted by Crippen LogP contribution is -2.50. The van der Waals surface area contributed by atoms with Crippen molar-refractivity contribution in [2.24, 2.45) is 5.92 Å². The number of ether oxygens (including phenoxy) is 1. The van der Waals surface area contributed by atoms with Crippen LogP contribution in [0.5, 0.6) is 0 Å². The quantitative estimate of drug-likeness (QED) is 0.876. The normalized spacial score (nSPS) is 28.1. The molecule has 2 heterocycles. The van der Waals surface area contributed by atoms with Crippen LogP contribution >= 0.6 is 12.4 Å². The van der Waals surface area contributed by atoms with E-state index in [0.29, 0.717) is 12.5 Å². The van der Waals surface area contributed by atoms with E-state index < -0.39 is 6.10 Å². The molecule has 0 saturated carbocycles. The van der Waals surface area contributed by atoms with Crippen LogP contribution in [0.1, 0.15) is 30.6 Å². The molecule has 0 spiro atoms. The standard InChI is InChI=1S/C16H22N2O2.ClH/c1-11-10-17-8-6-14(11)18-16(19)15-13-5-3-2-4-12(13)7-9-20-15;/h2-5,11,14-15,17H,6-10H2,1H3,(H,18,19);1H. The van der Waals surface area contributed by atoms with E-state index in [1.807, 2.05) is 18.2 Å². The summed E-state index contributed by atoms with van der Waals surface area (Å²) in [5, 5.41) is 6.53. The van der Waals surface area contributed by atoms with Gasteiger partial charge in [0, 0.05) is 6.04 Å². The Labute approximate surface area is 132 Å². The van der Waals surface area contributed by atoms with Crippen LogP contribution in [-0.4, -0.2) is 31.6 Å². The Morgan fingerprint density at radius 1 is 1.38 bits per heavy atom. The fourth-order valence-electron chi connectivity index (χ4n) is 3.10. The topological polar surface area (TPSA) is 50.4 Å². The van der Waals surface area contributed by atoms with Crippen molar-refractivity contribution in [3.05, 3.63) is 35.4 Å². The third-order valence-corrected chi connectivity index (χ3v) is 4.34. The highest BCUT2D eigenvalue weighted by Crippen LogP contribution is 2.27. The summed E-state index contributed by atoms with van der Waals surface area (Å²) in [4.78, 5) is 12.5. The maximum atomic E-state index is 12.5. The molecule has 2 N–H and O–H groups in total. The minimum Gasteiger partial charge on any atom is -0.363 e. The van der Waals surface area contributed by atoms with Crippen molar-refractivity contribution in [2.45, 2.75) is 31.9 Å². The lowest BCUT2D eigenvalue weighted by molar-refractivity contribution is -0.135. The van der Waals surface area contributed by atoms with Crippen LogP contribution in [0.4, 0.5) is 0 Å². The van der Waals surface area contributed by atoms with Gasteiger partial charge in [0.2, 0.25) is 0 Å². The lowest BCUT2D eigenvalue weighted by atomic mass is 9.93. The first-order chi connectivity index (χ1) is 9.75. The lowest BCUT2D eigenvalue weighted by Gasteiger charge is -2.32. The summed E-state index contributed by atoms with van der Waals surface area (Å²) in [5.74, 6) is 0.474. The molecular weight excluding hydrogens is 288 g/mol. The van der Waals surface area contributed by atoms with Crippen molar-refractivity contribution in [1.29, 1.82) is 0 Å². The molecule has 0 aliphatic carbocycles. The largest absolute Gasteiger partial charge is 0.363 e. The summed E-state index contributed by atoms with van der Waals surface area (Å²) in [7, 11) is 0. The molecule has 1 aromatic carbocycles. The molecule has 0 bridgehead atoms. The zero-order valence-electron chi connectivity index (χ0n) is 12.3. The van der Waals surface area contributed by atoms with Gasteiger partial charge in [-0.3, -0.25) is 4.79 Å². The second-order valence-electron chi connectivity index (χ2n) is 5.78. The summed E-state index contributed by atoms with van der Waals surface area (Å²) >= 11 is 0. The Balaban J connectivity index is 0.00000161. The van der Waals surface area contributed by atoms with Gasteiger partial charge < -0.3 is 15.4 Å². The van der Waals surface area contributed by atoms with Gasteiger partial charge in [-0.05, 0) is 43.0 Å². The van der Waals surface area contributed by atoms with Gasteiger partial charge >= 0.3 is 0 Å². The van der Waals surface area contributed by atoms with E-state index in [9.17, 15) is 4.79 Å². The van der Waals surface area contributed by atoms with Crippen molar-refractivity contribution in [1.82, 2.24) is 10.6 Å². The average molecular weight is 311 g/mol. The minimum absolute atomic E-state index is 0. The van der Waals surface area contributed by atoms with Crippen molar-refractivity contribution >= 4 is 18.3 Å². The van der Waals surface area contributed by atoms with Crippen LogP contribution in [0.2, 0.25) is 0 Å². The predicted molar refractivity (Wildman–Crippen MR) is 84.7 cm³/mol. The monoisotopic (exact) mass is 310 g/mol. The van der Waals surface area contributed by atoms with Crippen LogP contribution in [-0.2, 0) is 16.0 Å². The molecule has 2 aliphatic heterocycles. The molecule has 3 atom stereocenters. The summed E-state index contributed by atoms with van der Waals surface area (Å²) in [6.45, 7) is 4.73. The van der Waals surface area contributed by atoms with E-state index in [2.05, 4.69) is 23.6 Å². The van der Waals surface area contributed by atoms with Crippen LogP contribution in [0.15, 0.2) is 24.3 Å². The molecule has 2 aliphatic rings. The minimum atomic E-state index is -0.443. The number of hydrogen-bond acceptors (Lipinski definition) is 3. The number of amides is 1. The van der Waals surface area contributed by atoms with Crippen LogP contribution in [0, 0.1) is 5.92 Å². The van der Waals surface area contributed by atoms with Crippen molar-refractivity contribution < 1.29 is 9.53 Å². The fraction of sp³-hybridized carbons (Fsp3) is 0.562. The molecule has 0 aromatic heterocycles. The zero-order chi connectivity index (χ0) is 13.9. The van der Waals surface area contributed by atoms with E-state index >= 15 is 0 Å². The number of carbonyl (C=O) groups is 1. The third-order valence-electron chi connectivity index (χ3n) is 4.34. The molecule has 1 aromatic rings. The Bertz CT molecular complexity index is 495. The molecule has 1 amide bonds. The van der Waals surface area contributed by atoms with Gasteiger partial charge in [0.15, 0.2) is 6.10 Å². The molecule has 21 heavy (non-hydrogen) atoms. The smallest absolute Gasteiger partial charge is 0.254 e. The Morgan fingerprint density at radius 2 is 2.19 bits per heavy atom. The molecule has 116 valence electrons. The van der Waals surface area contributed by atoms with Crippen molar-refractivity contribution in [2.75, 3.05) is 19.7 Å². The van der Waals surface area contributed by atoms with Gasteiger partial charge in [0.05, 0.1) is 6.61 Å². The van der Waals surface area contributed by atoms with Crippen LogP contribution < -0.4 is 10.6 Å². The van der Waals surface area contributed by atoms with Crippen molar-refractivity contribution in [3.8, 4) is 0 Å². The van der Waals surface area contributed by atoms with E-state index in [0.717, 1.165) is 31.5 Å². The zero-order valence-corrected chi connectivity index (χ0v) is 13.1. The summed E-state index contributed by atoms with van der Waals surface area (Å²) in [5.41, 5.74) is 2.26. The van der Waals surface area contributed by atoms with Gasteiger partial charge in [0.1, 0.15) is 0 Å². The molecule has 3 rings (SSSR count). The molecule has 4 nitrogen and oxygen atoms in total. The highest BCUT2D eigenvalue weighted by Gasteiger charge is 2.30. The van der Waals surface area contributed by atoms with Gasteiger partial charge in [-0.1, -0.05) is 31.2 Å². The first-order valence-electron chi connectivity index (χ1n) is 7.46. The third kappa shape index (κ3) is 3.57. The molecule has 1 fully saturated rings. The number of rotatable bonds is 2. The first-order valence-corrected chi connectivity index (χ1v) is 7.46. The summed E-state index contributed by atoms with van der Waals surface area (Å²) < 4.78 is 5.72. The summed E-state index contributed by atoms with van der Waals surface area (Å²) in [6.07, 6.45) is 1.44. The molecule has 5 heteroatoms. The first kappa shape index (κ1) is 16.3. The van der Waals surface area contributed by atoms with Gasteiger partial charge in [0.25, 0.3) is 5.91 Å². The van der Waals surface area contributed by atoms with E-state index in [4.69, 9.17) is 4.74 Å². The molecular formula is C16H23ClN2O2. The van der Waals surface area contributed by atoms with Crippen LogP contribution in [0.3, 0.4) is 0 Å². The number of piperidine rings is 1. The fourth-order valence-corrected chi connectivity index (χ4v) is 3.10. The van der Waals surface area contributed by atoms with Crippen molar-refractivity contribution in [3.63, 3.8) is 0 Å². The Kier molecular flexibility index (Phi) is 5.62. The van der Waals surface area contributed by atoms with E-state index in [-0.39, 0.29) is 24.4 Å². The van der Waals surface area contributed by atoms with E-state index in [1.54, 1.807) is 0 Å². The Hall–Kier alpha value is -1.10. The predicted octanol–water partition coefficient (Wildman–Crippen LogP) is 1.84. The molecule has 3 unspecified atom stereocenters. The van der Waals surface area contributed by atoms with E-state index in [1.165, 1.54) is 5.56 Å². The van der Waals surface area contributed by atoms with Gasteiger partial charge in [-0.15, -0.1) is 12.4 Å². The number of nitrogens with one attached hydrogen (secondary N) is 2. The number of hydrogen-bond donors (Lipinski definition) is 2. The molecule has 1 saturated heterocycles. The maximum Gasteiger partial charge on any atom is 0.254 e. The highest BCUT2D eigenvalue weighted by atomic mass is 35.5. The molecule has 0 radical (unpaired) electrons.